The summed E-state index contributed by atoms with van der Waals surface area (Å²) in [6.07, 6.45) is 7.37. The molecule has 180 valence electrons. The van der Waals surface area contributed by atoms with Gasteiger partial charge in [-0.3, -0.25) is 4.79 Å². The van der Waals surface area contributed by atoms with Crippen molar-refractivity contribution in [3.63, 3.8) is 0 Å². The van der Waals surface area contributed by atoms with E-state index in [-0.39, 0.29) is 23.5 Å². The lowest BCUT2D eigenvalue weighted by molar-refractivity contribution is 0.0681. The first-order valence-corrected chi connectivity index (χ1v) is 14.1. The highest BCUT2D eigenvalue weighted by molar-refractivity contribution is 7.91. The van der Waals surface area contributed by atoms with Crippen LogP contribution >= 0.6 is 0 Å². The molecule has 5 nitrogen and oxygen atoms in total. The molecule has 33 heavy (non-hydrogen) atoms. The first kappa shape index (κ1) is 25.3. The van der Waals surface area contributed by atoms with Crippen LogP contribution in [0.15, 0.2) is 48.5 Å². The maximum Gasteiger partial charge on any atom is 0.254 e. The maximum atomic E-state index is 13.4. The number of rotatable bonds is 12. The number of carbonyl (C=O) groups is 1. The van der Waals surface area contributed by atoms with E-state index in [1.54, 1.807) is 17.0 Å². The van der Waals surface area contributed by atoms with Gasteiger partial charge in [0, 0.05) is 18.2 Å². The summed E-state index contributed by atoms with van der Waals surface area (Å²) in [7, 11) is -3.10. The van der Waals surface area contributed by atoms with E-state index in [9.17, 15) is 13.2 Å². The van der Waals surface area contributed by atoms with Crippen molar-refractivity contribution >= 4 is 15.7 Å². The third-order valence-corrected chi connectivity index (χ3v) is 8.06. The largest absolute Gasteiger partial charge is 0.494 e. The number of sulfone groups is 1. The van der Waals surface area contributed by atoms with Crippen LogP contribution in [0.3, 0.4) is 0 Å². The number of unbranched alkanes of at least 4 members (excludes halogenated alkanes) is 4. The molecule has 1 fully saturated rings. The van der Waals surface area contributed by atoms with Gasteiger partial charge in [-0.1, -0.05) is 63.8 Å². The van der Waals surface area contributed by atoms with Crippen molar-refractivity contribution in [3.05, 3.63) is 65.2 Å². The number of hydrogen-bond donors (Lipinski definition) is 0. The van der Waals surface area contributed by atoms with E-state index < -0.39 is 9.84 Å². The molecule has 0 bridgehead atoms. The Bertz CT molecular complexity index is 984. The lowest BCUT2D eigenvalue weighted by atomic mass is 10.1. The Kier molecular flexibility index (Phi) is 9.36. The molecule has 0 saturated carbocycles. The number of benzene rings is 2. The van der Waals surface area contributed by atoms with Crippen molar-refractivity contribution in [1.82, 2.24) is 4.90 Å². The second-order valence-corrected chi connectivity index (χ2v) is 11.2. The standard InChI is InChI=1S/C27H37NO4S/c1-3-5-6-7-8-18-32-26-15-13-24(14-16-26)27(29)28(25-17-19-33(30,31)21-25)20-23-11-9-22(4-2)10-12-23/h9-16,25H,3-8,17-21H2,1-2H3. The average Bonchev–Trinajstić information content (AvgIpc) is 3.19. The van der Waals surface area contributed by atoms with Crippen LogP contribution in [0.5, 0.6) is 5.75 Å². The topological polar surface area (TPSA) is 63.7 Å². The van der Waals surface area contributed by atoms with E-state index in [2.05, 4.69) is 26.0 Å². The molecule has 0 aromatic heterocycles. The van der Waals surface area contributed by atoms with Gasteiger partial charge in [-0.15, -0.1) is 0 Å². The minimum atomic E-state index is -3.10. The molecule has 1 saturated heterocycles. The molecule has 2 aromatic carbocycles. The number of nitrogens with zero attached hydrogens (tertiary/aromatic N) is 1. The monoisotopic (exact) mass is 471 g/mol. The highest BCUT2D eigenvalue weighted by Gasteiger charge is 2.35. The molecule has 0 N–H and O–H groups in total. The highest BCUT2D eigenvalue weighted by atomic mass is 32.2. The number of carbonyl (C=O) groups excluding carboxylic acids is 1. The summed E-state index contributed by atoms with van der Waals surface area (Å²) in [5.74, 6) is 0.793. The van der Waals surface area contributed by atoms with E-state index in [0.29, 0.717) is 25.1 Å². The van der Waals surface area contributed by atoms with Gasteiger partial charge in [0.25, 0.3) is 5.91 Å². The zero-order valence-corrected chi connectivity index (χ0v) is 20.8. The predicted molar refractivity (Wildman–Crippen MR) is 133 cm³/mol. The summed E-state index contributed by atoms with van der Waals surface area (Å²) in [4.78, 5) is 15.2. The Balaban J connectivity index is 1.67. The van der Waals surface area contributed by atoms with E-state index in [4.69, 9.17) is 4.74 Å². The molecule has 0 radical (unpaired) electrons. The first-order chi connectivity index (χ1) is 15.9. The van der Waals surface area contributed by atoms with E-state index >= 15 is 0 Å². The third-order valence-electron chi connectivity index (χ3n) is 6.31. The van der Waals surface area contributed by atoms with Crippen molar-refractivity contribution in [2.45, 2.75) is 71.4 Å². The number of hydrogen-bond acceptors (Lipinski definition) is 4. The van der Waals surface area contributed by atoms with Crippen LogP contribution in [0.2, 0.25) is 0 Å². The molecule has 0 aliphatic carbocycles. The van der Waals surface area contributed by atoms with Gasteiger partial charge in [-0.05, 0) is 54.7 Å². The molecule has 2 aromatic rings. The molecular formula is C27H37NO4S. The van der Waals surface area contributed by atoms with Gasteiger partial charge in [0.2, 0.25) is 0 Å². The summed E-state index contributed by atoms with van der Waals surface area (Å²) in [6, 6.07) is 15.1. The van der Waals surface area contributed by atoms with Gasteiger partial charge >= 0.3 is 0 Å². The van der Waals surface area contributed by atoms with Crippen molar-refractivity contribution in [3.8, 4) is 5.75 Å². The maximum absolute atomic E-state index is 13.4. The predicted octanol–water partition coefficient (Wildman–Crippen LogP) is 5.43. The first-order valence-electron chi connectivity index (χ1n) is 12.2. The second kappa shape index (κ2) is 12.2. The van der Waals surface area contributed by atoms with Crippen LogP contribution < -0.4 is 4.74 Å². The minimum absolute atomic E-state index is 0.0327. The fourth-order valence-corrected chi connectivity index (χ4v) is 5.95. The van der Waals surface area contributed by atoms with Crippen LogP contribution in [-0.4, -0.2) is 43.4 Å². The lowest BCUT2D eigenvalue weighted by Crippen LogP contribution is -2.40. The Morgan fingerprint density at radius 2 is 1.61 bits per heavy atom. The minimum Gasteiger partial charge on any atom is -0.494 e. The number of ether oxygens (including phenoxy) is 1. The second-order valence-electron chi connectivity index (χ2n) is 8.95. The van der Waals surface area contributed by atoms with Gasteiger partial charge < -0.3 is 9.64 Å². The lowest BCUT2D eigenvalue weighted by Gasteiger charge is -2.28. The molecule has 1 amide bonds. The third kappa shape index (κ3) is 7.60. The van der Waals surface area contributed by atoms with Crippen LogP contribution in [0, 0.1) is 0 Å². The molecular weight excluding hydrogens is 434 g/mol. The highest BCUT2D eigenvalue weighted by Crippen LogP contribution is 2.24. The fraction of sp³-hybridized carbons (Fsp3) is 0.519. The molecule has 6 heteroatoms. The summed E-state index contributed by atoms with van der Waals surface area (Å²) >= 11 is 0. The van der Waals surface area contributed by atoms with E-state index in [0.717, 1.165) is 24.2 Å². The molecule has 1 aliphatic rings. The van der Waals surface area contributed by atoms with Crippen molar-refractivity contribution < 1.29 is 17.9 Å². The van der Waals surface area contributed by atoms with Crippen molar-refractivity contribution in [2.24, 2.45) is 0 Å². The number of aryl methyl sites for hydroxylation is 1. The SMILES string of the molecule is CCCCCCCOc1ccc(C(=O)N(Cc2ccc(CC)cc2)C2CCS(=O)(=O)C2)cc1. The summed E-state index contributed by atoms with van der Waals surface area (Å²) < 4.78 is 30.0. The van der Waals surface area contributed by atoms with Gasteiger partial charge in [-0.25, -0.2) is 8.42 Å². The number of amides is 1. The van der Waals surface area contributed by atoms with Gasteiger partial charge in [0.1, 0.15) is 5.75 Å². The molecule has 1 aliphatic heterocycles. The Morgan fingerprint density at radius 3 is 2.21 bits per heavy atom. The van der Waals surface area contributed by atoms with Crippen molar-refractivity contribution in [1.29, 1.82) is 0 Å². The van der Waals surface area contributed by atoms with Crippen LogP contribution in [0.25, 0.3) is 0 Å². The summed E-state index contributed by atoms with van der Waals surface area (Å²) in [6.45, 7) is 5.39. The normalized spacial score (nSPS) is 17.1. The quantitative estimate of drug-likeness (QED) is 0.387. The van der Waals surface area contributed by atoms with Crippen molar-refractivity contribution in [2.75, 3.05) is 18.1 Å². The van der Waals surface area contributed by atoms with Gasteiger partial charge in [0.05, 0.1) is 18.1 Å². The molecule has 3 rings (SSSR count). The molecule has 1 atom stereocenters. The summed E-state index contributed by atoms with van der Waals surface area (Å²) in [5.41, 5.74) is 2.80. The molecule has 0 spiro atoms. The fourth-order valence-electron chi connectivity index (χ4n) is 4.22. The van der Waals surface area contributed by atoms with Crippen LogP contribution in [0.1, 0.15) is 73.9 Å². The Morgan fingerprint density at radius 1 is 0.939 bits per heavy atom. The summed E-state index contributed by atoms with van der Waals surface area (Å²) in [5, 5.41) is 0. The zero-order chi connectivity index (χ0) is 23.7. The smallest absolute Gasteiger partial charge is 0.254 e. The Hall–Kier alpha value is -2.34. The average molecular weight is 472 g/mol. The van der Waals surface area contributed by atoms with Crippen LogP contribution in [0.4, 0.5) is 0 Å². The van der Waals surface area contributed by atoms with E-state index in [1.165, 1.54) is 31.2 Å². The van der Waals surface area contributed by atoms with Gasteiger partial charge in [0.15, 0.2) is 9.84 Å². The zero-order valence-electron chi connectivity index (χ0n) is 20.0. The van der Waals surface area contributed by atoms with E-state index in [1.807, 2.05) is 24.3 Å². The van der Waals surface area contributed by atoms with Gasteiger partial charge in [-0.2, -0.15) is 0 Å². The molecule has 1 unspecified atom stereocenters. The van der Waals surface area contributed by atoms with Crippen LogP contribution in [-0.2, 0) is 22.8 Å². The molecule has 1 heterocycles. The Labute approximate surface area is 199 Å².